The van der Waals surface area contributed by atoms with Crippen molar-refractivity contribution < 1.29 is 27.2 Å². The molecule has 1 aromatic heterocycles. The molecule has 184 valence electrons. The van der Waals surface area contributed by atoms with Crippen molar-refractivity contribution in [2.75, 3.05) is 37.6 Å². The number of rotatable bonds is 8. The number of piperazine rings is 1. The largest absolute Gasteiger partial charge is 0.417 e. The minimum atomic E-state index is -4.76. The summed E-state index contributed by atoms with van der Waals surface area (Å²) in [4.78, 5) is 32.5. The molecule has 0 saturated carbocycles. The molecule has 1 aromatic carbocycles. The molecule has 34 heavy (non-hydrogen) atoms. The Morgan fingerprint density at radius 2 is 1.76 bits per heavy atom. The molecule has 10 heteroatoms. The fraction of sp³-hybridized carbons (Fsp3) is 0.458. The van der Waals surface area contributed by atoms with E-state index >= 15 is 0 Å². The van der Waals surface area contributed by atoms with Gasteiger partial charge in [-0.1, -0.05) is 26.2 Å². The SMILES string of the molecule is CCCCCCNC(=O)c1cncc(N2CCN(C(=O)c3cc(F)ccc3C(F)(F)F)CC2)c1. The summed E-state index contributed by atoms with van der Waals surface area (Å²) in [6.45, 7) is 3.69. The van der Waals surface area contributed by atoms with E-state index in [0.29, 0.717) is 49.1 Å². The lowest BCUT2D eigenvalue weighted by Crippen LogP contribution is -2.49. The minimum absolute atomic E-state index is 0.153. The molecule has 2 aromatic rings. The summed E-state index contributed by atoms with van der Waals surface area (Å²) in [5.74, 6) is -1.98. The molecule has 6 nitrogen and oxygen atoms in total. The Kier molecular flexibility index (Phi) is 8.46. The van der Waals surface area contributed by atoms with Crippen molar-refractivity contribution in [2.45, 2.75) is 38.8 Å². The van der Waals surface area contributed by atoms with Crippen LogP contribution in [0.4, 0.5) is 23.2 Å². The van der Waals surface area contributed by atoms with Crippen LogP contribution < -0.4 is 10.2 Å². The maximum atomic E-state index is 13.6. The first kappa shape index (κ1) is 25.5. The van der Waals surface area contributed by atoms with Gasteiger partial charge in [-0.05, 0) is 30.7 Å². The zero-order valence-electron chi connectivity index (χ0n) is 19.0. The van der Waals surface area contributed by atoms with Gasteiger partial charge in [-0.15, -0.1) is 0 Å². The number of aromatic nitrogens is 1. The number of carbonyl (C=O) groups is 2. The zero-order chi connectivity index (χ0) is 24.7. The van der Waals surface area contributed by atoms with E-state index in [4.69, 9.17) is 0 Å². The van der Waals surface area contributed by atoms with Crippen LogP contribution in [0.25, 0.3) is 0 Å². The summed E-state index contributed by atoms with van der Waals surface area (Å²) in [5.41, 5.74) is -0.743. The number of alkyl halides is 3. The van der Waals surface area contributed by atoms with E-state index in [1.807, 2.05) is 4.90 Å². The van der Waals surface area contributed by atoms with Gasteiger partial charge >= 0.3 is 6.18 Å². The molecule has 1 N–H and O–H groups in total. The Labute approximate surface area is 196 Å². The van der Waals surface area contributed by atoms with E-state index in [-0.39, 0.29) is 19.0 Å². The molecule has 2 amide bonds. The van der Waals surface area contributed by atoms with Gasteiger partial charge in [0.2, 0.25) is 0 Å². The molecular formula is C24H28F4N4O2. The summed E-state index contributed by atoms with van der Waals surface area (Å²) < 4.78 is 53.5. The van der Waals surface area contributed by atoms with Crippen LogP contribution in [0.2, 0.25) is 0 Å². The molecule has 1 aliphatic heterocycles. The number of unbranched alkanes of at least 4 members (excludes halogenated alkanes) is 3. The number of amides is 2. The zero-order valence-corrected chi connectivity index (χ0v) is 19.0. The molecule has 1 saturated heterocycles. The predicted molar refractivity (Wildman–Crippen MR) is 120 cm³/mol. The van der Waals surface area contributed by atoms with Gasteiger partial charge in [-0.2, -0.15) is 13.2 Å². The van der Waals surface area contributed by atoms with Crippen LogP contribution >= 0.6 is 0 Å². The molecule has 2 heterocycles. The van der Waals surface area contributed by atoms with Crippen molar-refractivity contribution in [3.8, 4) is 0 Å². The Hall–Kier alpha value is -3.17. The molecule has 3 rings (SSSR count). The maximum absolute atomic E-state index is 13.6. The average Bonchev–Trinajstić information content (AvgIpc) is 2.82. The highest BCUT2D eigenvalue weighted by atomic mass is 19.4. The molecule has 0 unspecified atom stereocenters. The quantitative estimate of drug-likeness (QED) is 0.446. The maximum Gasteiger partial charge on any atom is 0.417 e. The number of halogens is 4. The Bertz CT molecular complexity index is 1000. The van der Waals surface area contributed by atoms with Gasteiger partial charge in [0.05, 0.1) is 28.6 Å². The smallest absolute Gasteiger partial charge is 0.367 e. The molecule has 0 spiro atoms. The van der Waals surface area contributed by atoms with Crippen LogP contribution in [0.3, 0.4) is 0 Å². The van der Waals surface area contributed by atoms with Crippen LogP contribution in [-0.4, -0.2) is 54.4 Å². The van der Waals surface area contributed by atoms with Crippen molar-refractivity contribution >= 4 is 17.5 Å². The predicted octanol–water partition coefficient (Wildman–Crippen LogP) is 4.51. The lowest BCUT2D eigenvalue weighted by molar-refractivity contribution is -0.138. The fourth-order valence-corrected chi connectivity index (χ4v) is 3.86. The second kappa shape index (κ2) is 11.3. The summed E-state index contributed by atoms with van der Waals surface area (Å²) in [6.07, 6.45) is 2.52. The van der Waals surface area contributed by atoms with E-state index in [1.54, 1.807) is 12.3 Å². The fourth-order valence-electron chi connectivity index (χ4n) is 3.86. The standard InChI is InChI=1S/C24H28F4N4O2/c1-2-3-4-5-8-30-22(33)17-13-19(16-29-15-17)31-9-11-32(12-10-31)23(34)20-14-18(25)6-7-21(20)24(26,27)28/h6-7,13-16H,2-5,8-12H2,1H3,(H,30,33). The molecule has 0 bridgehead atoms. The summed E-state index contributed by atoms with van der Waals surface area (Å²) in [7, 11) is 0. The van der Waals surface area contributed by atoms with Crippen LogP contribution in [0, 0.1) is 5.82 Å². The van der Waals surface area contributed by atoms with Gasteiger partial charge in [0.25, 0.3) is 11.8 Å². The summed E-state index contributed by atoms with van der Waals surface area (Å²) >= 11 is 0. The molecule has 0 radical (unpaired) electrons. The number of benzene rings is 1. The monoisotopic (exact) mass is 480 g/mol. The van der Waals surface area contributed by atoms with E-state index in [0.717, 1.165) is 25.7 Å². The van der Waals surface area contributed by atoms with E-state index in [1.165, 1.54) is 11.1 Å². The van der Waals surface area contributed by atoms with Crippen molar-refractivity contribution in [3.05, 3.63) is 59.2 Å². The Morgan fingerprint density at radius 3 is 2.44 bits per heavy atom. The number of hydrogen-bond donors (Lipinski definition) is 1. The van der Waals surface area contributed by atoms with Gasteiger partial charge in [0.1, 0.15) is 5.82 Å². The first-order valence-corrected chi connectivity index (χ1v) is 11.3. The average molecular weight is 481 g/mol. The third kappa shape index (κ3) is 6.45. The van der Waals surface area contributed by atoms with Gasteiger partial charge in [0.15, 0.2) is 0 Å². The van der Waals surface area contributed by atoms with Crippen molar-refractivity contribution in [1.29, 1.82) is 0 Å². The molecule has 1 fully saturated rings. The number of carbonyl (C=O) groups excluding carboxylic acids is 2. The Morgan fingerprint density at radius 1 is 1.03 bits per heavy atom. The number of anilines is 1. The van der Waals surface area contributed by atoms with E-state index in [2.05, 4.69) is 17.2 Å². The van der Waals surface area contributed by atoms with Gasteiger partial charge < -0.3 is 15.1 Å². The number of nitrogens with zero attached hydrogens (tertiary/aromatic N) is 3. The molecule has 1 aliphatic rings. The third-order valence-electron chi connectivity index (χ3n) is 5.75. The van der Waals surface area contributed by atoms with Gasteiger partial charge in [-0.25, -0.2) is 4.39 Å². The van der Waals surface area contributed by atoms with E-state index < -0.39 is 29.0 Å². The first-order valence-electron chi connectivity index (χ1n) is 11.3. The van der Waals surface area contributed by atoms with Crippen LogP contribution in [0.1, 0.15) is 58.9 Å². The van der Waals surface area contributed by atoms with Gasteiger partial charge in [0, 0.05) is 38.9 Å². The van der Waals surface area contributed by atoms with E-state index in [9.17, 15) is 27.2 Å². The Balaban J connectivity index is 1.61. The highest BCUT2D eigenvalue weighted by molar-refractivity contribution is 5.96. The van der Waals surface area contributed by atoms with Crippen LogP contribution in [0.5, 0.6) is 0 Å². The third-order valence-corrected chi connectivity index (χ3v) is 5.75. The lowest BCUT2D eigenvalue weighted by Gasteiger charge is -2.36. The van der Waals surface area contributed by atoms with Crippen molar-refractivity contribution in [1.82, 2.24) is 15.2 Å². The number of pyridine rings is 1. The second-order valence-electron chi connectivity index (χ2n) is 8.22. The van der Waals surface area contributed by atoms with Crippen LogP contribution in [-0.2, 0) is 6.18 Å². The number of nitrogens with one attached hydrogen (secondary N) is 1. The molecule has 0 aliphatic carbocycles. The number of hydrogen-bond acceptors (Lipinski definition) is 4. The topological polar surface area (TPSA) is 65.5 Å². The minimum Gasteiger partial charge on any atom is -0.367 e. The first-order chi connectivity index (χ1) is 16.2. The second-order valence-corrected chi connectivity index (χ2v) is 8.22. The van der Waals surface area contributed by atoms with Crippen LogP contribution in [0.15, 0.2) is 36.7 Å². The molecule has 0 atom stereocenters. The normalized spacial score (nSPS) is 14.3. The highest BCUT2D eigenvalue weighted by Gasteiger charge is 2.37. The lowest BCUT2D eigenvalue weighted by atomic mass is 10.0. The molecular weight excluding hydrogens is 452 g/mol. The summed E-state index contributed by atoms with van der Waals surface area (Å²) in [5, 5.41) is 2.88. The van der Waals surface area contributed by atoms with Gasteiger partial charge in [-0.3, -0.25) is 14.6 Å². The summed E-state index contributed by atoms with van der Waals surface area (Å²) in [6, 6.07) is 3.62. The van der Waals surface area contributed by atoms with Crippen molar-refractivity contribution in [2.24, 2.45) is 0 Å². The van der Waals surface area contributed by atoms with Crippen molar-refractivity contribution in [3.63, 3.8) is 0 Å². The highest BCUT2D eigenvalue weighted by Crippen LogP contribution is 2.33.